The minimum atomic E-state index is -0.0676. The fourth-order valence-corrected chi connectivity index (χ4v) is 2.07. The van der Waals surface area contributed by atoms with Crippen LogP contribution in [0.25, 0.3) is 5.70 Å². The first-order valence-corrected chi connectivity index (χ1v) is 7.90. The smallest absolute Gasteiger partial charge is 0.116 e. The molecule has 0 saturated carbocycles. The number of aliphatic imine (C=N–C) groups is 1. The molecule has 0 radical (unpaired) electrons. The van der Waals surface area contributed by atoms with Gasteiger partial charge in [-0.3, -0.25) is 9.89 Å². The first kappa shape index (κ1) is 19.2. The molecule has 3 N–H and O–H groups in total. The highest BCUT2D eigenvalue weighted by atomic mass is 16.2. The molecule has 0 aliphatic carbocycles. The van der Waals surface area contributed by atoms with Crippen molar-refractivity contribution in [3.05, 3.63) is 30.4 Å². The molecule has 0 aliphatic heterocycles. The third-order valence-corrected chi connectivity index (χ3v) is 3.27. The Kier molecular flexibility index (Phi) is 9.78. The summed E-state index contributed by atoms with van der Waals surface area (Å²) in [5, 5.41) is 15.8. The number of hydrogen-bond donors (Lipinski definition) is 3. The van der Waals surface area contributed by atoms with Crippen LogP contribution in [0.1, 0.15) is 19.0 Å². The molecule has 0 bridgehead atoms. The number of likely N-dealkylation sites (N-methyl/N-ethyl adjacent to an activating group) is 1. The Bertz CT molecular complexity index is 489. The maximum absolute atomic E-state index is 9.22. The van der Waals surface area contributed by atoms with Crippen LogP contribution in [-0.4, -0.2) is 72.7 Å². The third kappa shape index (κ3) is 7.83. The Hall–Kier alpha value is -1.83. The first-order chi connectivity index (χ1) is 11.2. The fraction of sp³-hybridized carbons (Fsp3) is 0.562. The van der Waals surface area contributed by atoms with Crippen LogP contribution in [0.2, 0.25) is 0 Å². The van der Waals surface area contributed by atoms with Gasteiger partial charge in [-0.2, -0.15) is 0 Å². The van der Waals surface area contributed by atoms with E-state index < -0.39 is 0 Å². The Morgan fingerprint density at radius 1 is 1.48 bits per heavy atom. The van der Waals surface area contributed by atoms with E-state index in [1.807, 2.05) is 0 Å². The van der Waals surface area contributed by atoms with Gasteiger partial charge >= 0.3 is 0 Å². The minimum Gasteiger partial charge on any atom is -0.392 e. The van der Waals surface area contributed by atoms with Gasteiger partial charge in [-0.1, -0.05) is 6.92 Å². The van der Waals surface area contributed by atoms with Crippen LogP contribution in [0.4, 0.5) is 0 Å². The van der Waals surface area contributed by atoms with Crippen LogP contribution in [-0.2, 0) is 0 Å². The van der Waals surface area contributed by atoms with E-state index in [0.717, 1.165) is 43.3 Å². The third-order valence-electron chi connectivity index (χ3n) is 3.27. The zero-order chi connectivity index (χ0) is 16.9. The van der Waals surface area contributed by atoms with Crippen LogP contribution in [0.5, 0.6) is 0 Å². The number of nitrogens with zero attached hydrogens (tertiary/aromatic N) is 4. The number of hydrogen-bond acceptors (Lipinski definition) is 6. The maximum atomic E-state index is 9.22. The molecule has 7 heteroatoms. The van der Waals surface area contributed by atoms with E-state index in [4.69, 9.17) is 0 Å². The van der Waals surface area contributed by atoms with Crippen LogP contribution in [0.3, 0.4) is 0 Å². The molecule has 0 spiro atoms. The van der Waals surface area contributed by atoms with Gasteiger partial charge in [-0.15, -0.1) is 0 Å². The van der Waals surface area contributed by atoms with Crippen molar-refractivity contribution in [2.45, 2.75) is 13.3 Å². The normalized spacial score (nSPS) is 12.7. The number of rotatable bonds is 10. The summed E-state index contributed by atoms with van der Waals surface area (Å²) in [6.45, 7) is 5.75. The van der Waals surface area contributed by atoms with E-state index in [-0.39, 0.29) is 6.61 Å². The van der Waals surface area contributed by atoms with Crippen molar-refractivity contribution >= 4 is 11.5 Å². The largest absolute Gasteiger partial charge is 0.392 e. The topological polar surface area (TPSA) is 85.7 Å². The average Bonchev–Trinajstić information content (AvgIpc) is 2.58. The number of amidine groups is 1. The molecule has 23 heavy (non-hydrogen) atoms. The molecule has 0 unspecified atom stereocenters. The minimum absolute atomic E-state index is 0.0676. The molecule has 0 fully saturated rings. The van der Waals surface area contributed by atoms with E-state index in [0.29, 0.717) is 6.54 Å². The first-order valence-electron chi connectivity index (χ1n) is 7.90. The predicted octanol–water partition coefficient (Wildman–Crippen LogP) is 0.359. The van der Waals surface area contributed by atoms with Gasteiger partial charge in [0.2, 0.25) is 0 Å². The molecular formula is C16H28N6O. The van der Waals surface area contributed by atoms with Crippen molar-refractivity contribution in [3.8, 4) is 0 Å². The quantitative estimate of drug-likeness (QED) is 0.328. The molecule has 7 nitrogen and oxygen atoms in total. The van der Waals surface area contributed by atoms with E-state index in [1.165, 1.54) is 6.33 Å². The van der Waals surface area contributed by atoms with Gasteiger partial charge in [-0.05, 0) is 45.2 Å². The molecule has 1 aromatic heterocycles. The van der Waals surface area contributed by atoms with Crippen molar-refractivity contribution in [2.24, 2.45) is 4.99 Å². The highest BCUT2D eigenvalue weighted by Gasteiger charge is 2.08. The molecule has 1 rings (SSSR count). The highest BCUT2D eigenvalue weighted by molar-refractivity contribution is 5.91. The average molecular weight is 320 g/mol. The number of aromatic nitrogens is 2. The van der Waals surface area contributed by atoms with Gasteiger partial charge in [0.1, 0.15) is 12.2 Å². The fourth-order valence-electron chi connectivity index (χ4n) is 2.07. The lowest BCUT2D eigenvalue weighted by atomic mass is 10.2. The van der Waals surface area contributed by atoms with E-state index in [2.05, 4.69) is 44.5 Å². The second-order valence-electron chi connectivity index (χ2n) is 5.14. The van der Waals surface area contributed by atoms with Crippen LogP contribution in [0, 0.1) is 0 Å². The maximum Gasteiger partial charge on any atom is 0.116 e. The Morgan fingerprint density at radius 2 is 2.30 bits per heavy atom. The van der Waals surface area contributed by atoms with Crippen LogP contribution >= 0.6 is 0 Å². The summed E-state index contributed by atoms with van der Waals surface area (Å²) >= 11 is 0. The van der Waals surface area contributed by atoms with Crippen LogP contribution in [0.15, 0.2) is 29.7 Å². The molecule has 0 atom stereocenters. The summed E-state index contributed by atoms with van der Waals surface area (Å²) in [4.78, 5) is 14.6. The molecule has 128 valence electrons. The summed E-state index contributed by atoms with van der Waals surface area (Å²) in [7, 11) is 3.82. The standard InChI is InChI=1S/C16H28N6O/c1-4-18-8-5-10-22(3)12-16(17-2)21-15(7-11-23)14-6-9-19-13-20-14/h6-7,9,13,18,23H,4-5,8,10-12H2,1-3H3,(H,17,21)/b15-7-. The van der Waals surface area contributed by atoms with Crippen molar-refractivity contribution in [1.29, 1.82) is 0 Å². The summed E-state index contributed by atoms with van der Waals surface area (Å²) in [6.07, 6.45) is 5.92. The van der Waals surface area contributed by atoms with Gasteiger partial charge in [0, 0.05) is 13.2 Å². The summed E-state index contributed by atoms with van der Waals surface area (Å²) in [5.74, 6) is 0.828. The summed E-state index contributed by atoms with van der Waals surface area (Å²) < 4.78 is 0. The SMILES string of the molecule is CCNCCCN(C)CC(=NC)N/C(=C\CO)c1ccncn1. The summed E-state index contributed by atoms with van der Waals surface area (Å²) in [6, 6.07) is 1.79. The lowest BCUT2D eigenvalue weighted by molar-refractivity contribution is 0.343. The molecule has 0 aliphatic rings. The molecule has 1 heterocycles. The zero-order valence-electron chi connectivity index (χ0n) is 14.3. The molecular weight excluding hydrogens is 292 g/mol. The molecule has 0 saturated heterocycles. The van der Waals surface area contributed by atoms with E-state index >= 15 is 0 Å². The van der Waals surface area contributed by atoms with Gasteiger partial charge in [-0.25, -0.2) is 9.97 Å². The van der Waals surface area contributed by atoms with Gasteiger partial charge < -0.3 is 15.7 Å². The van der Waals surface area contributed by atoms with Gasteiger partial charge in [0.05, 0.1) is 24.5 Å². The second kappa shape index (κ2) is 11.7. The Balaban J connectivity index is 2.58. The number of aliphatic hydroxyl groups is 1. The highest BCUT2D eigenvalue weighted by Crippen LogP contribution is 2.06. The molecule has 1 aromatic rings. The van der Waals surface area contributed by atoms with Crippen molar-refractivity contribution < 1.29 is 5.11 Å². The lowest BCUT2D eigenvalue weighted by Crippen LogP contribution is -2.36. The van der Waals surface area contributed by atoms with Gasteiger partial charge in [0.25, 0.3) is 0 Å². The predicted molar refractivity (Wildman–Crippen MR) is 94.2 cm³/mol. The Labute approximate surface area is 138 Å². The zero-order valence-corrected chi connectivity index (χ0v) is 14.3. The Morgan fingerprint density at radius 3 is 2.91 bits per heavy atom. The summed E-state index contributed by atoms with van der Waals surface area (Å²) in [5.41, 5.74) is 1.46. The van der Waals surface area contributed by atoms with Crippen molar-refractivity contribution in [3.63, 3.8) is 0 Å². The monoisotopic (exact) mass is 320 g/mol. The molecule has 0 aromatic carbocycles. The number of nitrogens with one attached hydrogen (secondary N) is 2. The van der Waals surface area contributed by atoms with Gasteiger partial charge in [0.15, 0.2) is 0 Å². The van der Waals surface area contributed by atoms with E-state index in [9.17, 15) is 5.11 Å². The second-order valence-corrected chi connectivity index (χ2v) is 5.14. The van der Waals surface area contributed by atoms with Crippen molar-refractivity contribution in [2.75, 3.05) is 46.9 Å². The molecule has 0 amide bonds. The lowest BCUT2D eigenvalue weighted by Gasteiger charge is -2.20. The number of aliphatic hydroxyl groups excluding tert-OH is 1. The van der Waals surface area contributed by atoms with Crippen molar-refractivity contribution in [1.82, 2.24) is 25.5 Å². The van der Waals surface area contributed by atoms with Crippen LogP contribution < -0.4 is 10.6 Å². The van der Waals surface area contributed by atoms with E-state index in [1.54, 1.807) is 25.4 Å².